The zero-order valence-corrected chi connectivity index (χ0v) is 10.8. The van der Waals surface area contributed by atoms with Gasteiger partial charge in [0.2, 0.25) is 0 Å². The highest BCUT2D eigenvalue weighted by Gasteiger charge is 2.18. The average molecular weight is 290 g/mol. The number of nitrogens with two attached hydrogens (primary N) is 1. The second-order valence-electron chi connectivity index (χ2n) is 4.03. The highest BCUT2D eigenvalue weighted by Crippen LogP contribution is 2.24. The number of rotatable bonds is 2. The van der Waals surface area contributed by atoms with Gasteiger partial charge in [-0.3, -0.25) is 4.90 Å². The summed E-state index contributed by atoms with van der Waals surface area (Å²) in [5.74, 6) is 0. The van der Waals surface area contributed by atoms with Gasteiger partial charge in [0, 0.05) is 30.1 Å². The second-order valence-corrected chi connectivity index (χ2v) is 5.29. The van der Waals surface area contributed by atoms with Gasteiger partial charge in [0.05, 0.1) is 5.02 Å². The molecule has 0 amide bonds. The summed E-state index contributed by atoms with van der Waals surface area (Å²) in [6.45, 7) is 3.03. The Morgan fingerprint density at radius 3 is 2.93 bits per heavy atom. The van der Waals surface area contributed by atoms with Crippen molar-refractivity contribution in [1.82, 2.24) is 4.90 Å². The lowest BCUT2D eigenvalue weighted by Gasteiger charge is -2.15. The van der Waals surface area contributed by atoms with Crippen LogP contribution in [0.3, 0.4) is 0 Å². The first-order chi connectivity index (χ1) is 7.15. The van der Waals surface area contributed by atoms with E-state index in [9.17, 15) is 0 Å². The maximum Gasteiger partial charge on any atom is 0.0551 e. The molecule has 2 rings (SSSR count). The van der Waals surface area contributed by atoms with E-state index in [4.69, 9.17) is 17.3 Å². The van der Waals surface area contributed by atoms with Crippen LogP contribution in [0.2, 0.25) is 5.02 Å². The largest absolute Gasteiger partial charge is 0.326 e. The first-order valence-electron chi connectivity index (χ1n) is 5.07. The van der Waals surface area contributed by atoms with Crippen LogP contribution in [-0.4, -0.2) is 24.0 Å². The highest BCUT2D eigenvalue weighted by molar-refractivity contribution is 9.10. The van der Waals surface area contributed by atoms with Gasteiger partial charge in [0.25, 0.3) is 0 Å². The summed E-state index contributed by atoms with van der Waals surface area (Å²) in [7, 11) is 0. The molecule has 1 aromatic carbocycles. The van der Waals surface area contributed by atoms with Gasteiger partial charge in [0.15, 0.2) is 0 Å². The van der Waals surface area contributed by atoms with E-state index in [1.807, 2.05) is 12.1 Å². The molecule has 2 N–H and O–H groups in total. The predicted molar refractivity (Wildman–Crippen MR) is 67.0 cm³/mol. The van der Waals surface area contributed by atoms with E-state index in [1.165, 1.54) is 5.56 Å². The van der Waals surface area contributed by atoms with E-state index in [0.717, 1.165) is 35.6 Å². The molecular weight excluding hydrogens is 275 g/mol. The first kappa shape index (κ1) is 11.4. The Morgan fingerprint density at radius 2 is 2.33 bits per heavy atom. The van der Waals surface area contributed by atoms with Gasteiger partial charge in [0.1, 0.15) is 0 Å². The highest BCUT2D eigenvalue weighted by atomic mass is 79.9. The van der Waals surface area contributed by atoms with Crippen molar-refractivity contribution in [2.24, 2.45) is 5.73 Å². The average Bonchev–Trinajstić information content (AvgIpc) is 2.58. The monoisotopic (exact) mass is 288 g/mol. The minimum Gasteiger partial charge on any atom is -0.326 e. The van der Waals surface area contributed by atoms with Crippen LogP contribution in [0.1, 0.15) is 12.0 Å². The van der Waals surface area contributed by atoms with Crippen molar-refractivity contribution >= 4 is 27.5 Å². The molecule has 0 aromatic heterocycles. The van der Waals surface area contributed by atoms with E-state index in [0.29, 0.717) is 6.04 Å². The number of likely N-dealkylation sites (tertiary alicyclic amines) is 1. The Kier molecular flexibility index (Phi) is 3.67. The molecule has 1 aliphatic heterocycles. The molecule has 1 unspecified atom stereocenters. The molecule has 0 aliphatic carbocycles. The van der Waals surface area contributed by atoms with Crippen LogP contribution in [0.4, 0.5) is 0 Å². The van der Waals surface area contributed by atoms with Crippen LogP contribution in [0.25, 0.3) is 0 Å². The Labute approximate surface area is 104 Å². The minimum atomic E-state index is 0.343. The first-order valence-corrected chi connectivity index (χ1v) is 6.24. The van der Waals surface area contributed by atoms with Crippen LogP contribution in [0.15, 0.2) is 22.7 Å². The zero-order valence-electron chi connectivity index (χ0n) is 8.42. The summed E-state index contributed by atoms with van der Waals surface area (Å²) in [4.78, 5) is 2.37. The predicted octanol–water partition coefficient (Wildman–Crippen LogP) is 2.64. The van der Waals surface area contributed by atoms with Crippen LogP contribution in [-0.2, 0) is 6.54 Å². The fourth-order valence-corrected chi connectivity index (χ4v) is 2.35. The molecule has 82 valence electrons. The lowest BCUT2D eigenvalue weighted by molar-refractivity contribution is 0.327. The fourth-order valence-electron chi connectivity index (χ4n) is 1.90. The number of hydrogen-bond donors (Lipinski definition) is 1. The number of halogens is 2. The molecule has 0 bridgehead atoms. The van der Waals surface area contributed by atoms with E-state index in [1.54, 1.807) is 0 Å². The standard InChI is InChI=1S/C11H14BrClN2/c12-10-2-1-8(5-11(10)13)6-15-4-3-9(14)7-15/h1-2,5,9H,3-4,6-7,14H2. The summed E-state index contributed by atoms with van der Waals surface area (Å²) in [6.07, 6.45) is 1.10. The van der Waals surface area contributed by atoms with Crippen molar-refractivity contribution in [3.05, 3.63) is 33.3 Å². The van der Waals surface area contributed by atoms with Crippen LogP contribution >= 0.6 is 27.5 Å². The molecule has 0 spiro atoms. The summed E-state index contributed by atoms with van der Waals surface area (Å²) in [5.41, 5.74) is 7.11. The maximum absolute atomic E-state index is 6.04. The third kappa shape index (κ3) is 2.94. The fraction of sp³-hybridized carbons (Fsp3) is 0.455. The van der Waals surface area contributed by atoms with Gasteiger partial charge in [-0.2, -0.15) is 0 Å². The topological polar surface area (TPSA) is 29.3 Å². The van der Waals surface area contributed by atoms with E-state index in [-0.39, 0.29) is 0 Å². The maximum atomic E-state index is 6.04. The van der Waals surface area contributed by atoms with Crippen molar-refractivity contribution in [2.45, 2.75) is 19.0 Å². The summed E-state index contributed by atoms with van der Waals surface area (Å²) >= 11 is 9.42. The summed E-state index contributed by atoms with van der Waals surface area (Å²) in [5, 5.41) is 0.774. The summed E-state index contributed by atoms with van der Waals surface area (Å²) in [6, 6.07) is 6.44. The quantitative estimate of drug-likeness (QED) is 0.907. The number of nitrogens with zero attached hydrogens (tertiary/aromatic N) is 1. The molecule has 15 heavy (non-hydrogen) atoms. The van der Waals surface area contributed by atoms with Crippen molar-refractivity contribution in [3.8, 4) is 0 Å². The van der Waals surface area contributed by atoms with E-state index < -0.39 is 0 Å². The van der Waals surface area contributed by atoms with E-state index >= 15 is 0 Å². The molecule has 2 nitrogen and oxygen atoms in total. The number of benzene rings is 1. The minimum absolute atomic E-state index is 0.343. The third-order valence-electron chi connectivity index (χ3n) is 2.70. The molecule has 4 heteroatoms. The smallest absolute Gasteiger partial charge is 0.0551 e. The SMILES string of the molecule is NC1CCN(Cc2ccc(Br)c(Cl)c2)C1. The van der Waals surface area contributed by atoms with Crippen molar-refractivity contribution in [2.75, 3.05) is 13.1 Å². The normalized spacial score (nSPS) is 22.2. The van der Waals surface area contributed by atoms with Crippen LogP contribution in [0.5, 0.6) is 0 Å². The molecule has 0 radical (unpaired) electrons. The van der Waals surface area contributed by atoms with Gasteiger partial charge >= 0.3 is 0 Å². The second kappa shape index (κ2) is 4.83. The molecule has 1 fully saturated rings. The molecular formula is C11H14BrClN2. The lowest BCUT2D eigenvalue weighted by atomic mass is 10.2. The Bertz CT molecular complexity index is 356. The number of hydrogen-bond acceptors (Lipinski definition) is 2. The van der Waals surface area contributed by atoms with Crippen molar-refractivity contribution < 1.29 is 0 Å². The molecule has 1 atom stereocenters. The van der Waals surface area contributed by atoms with Crippen molar-refractivity contribution in [1.29, 1.82) is 0 Å². The molecule has 1 aromatic rings. The molecule has 1 aliphatic rings. The third-order valence-corrected chi connectivity index (χ3v) is 3.93. The Balaban J connectivity index is 2.02. The van der Waals surface area contributed by atoms with Crippen LogP contribution < -0.4 is 5.73 Å². The Hall–Kier alpha value is -0.0900. The van der Waals surface area contributed by atoms with Gasteiger partial charge in [-0.25, -0.2) is 0 Å². The van der Waals surface area contributed by atoms with Gasteiger partial charge in [-0.05, 0) is 40.0 Å². The summed E-state index contributed by atoms with van der Waals surface area (Å²) < 4.78 is 0.950. The van der Waals surface area contributed by atoms with E-state index in [2.05, 4.69) is 26.9 Å². The van der Waals surface area contributed by atoms with Crippen LogP contribution in [0, 0.1) is 0 Å². The van der Waals surface area contributed by atoms with Gasteiger partial charge in [-0.15, -0.1) is 0 Å². The van der Waals surface area contributed by atoms with Gasteiger partial charge in [-0.1, -0.05) is 17.7 Å². The lowest BCUT2D eigenvalue weighted by Crippen LogP contribution is -2.26. The van der Waals surface area contributed by atoms with Gasteiger partial charge < -0.3 is 5.73 Å². The van der Waals surface area contributed by atoms with Crippen molar-refractivity contribution in [3.63, 3.8) is 0 Å². The molecule has 1 heterocycles. The molecule has 0 saturated carbocycles. The molecule has 1 saturated heterocycles. The Morgan fingerprint density at radius 1 is 1.53 bits per heavy atom. The zero-order chi connectivity index (χ0) is 10.8.